The van der Waals surface area contributed by atoms with Crippen molar-refractivity contribution in [3.05, 3.63) is 87.9 Å². The van der Waals surface area contributed by atoms with Gasteiger partial charge >= 0.3 is 6.03 Å². The van der Waals surface area contributed by atoms with Crippen molar-refractivity contribution in [3.8, 4) is 5.75 Å². The van der Waals surface area contributed by atoms with Crippen molar-refractivity contribution in [1.29, 1.82) is 0 Å². The van der Waals surface area contributed by atoms with Crippen molar-refractivity contribution in [2.75, 3.05) is 36.0 Å². The number of carbonyl (C=O) groups is 2. The van der Waals surface area contributed by atoms with Gasteiger partial charge in [0.25, 0.3) is 5.91 Å². The average molecular weight is 531 g/mol. The maximum absolute atomic E-state index is 13.5. The van der Waals surface area contributed by atoms with Crippen molar-refractivity contribution >= 4 is 34.9 Å². The third kappa shape index (κ3) is 4.15. The van der Waals surface area contributed by atoms with Gasteiger partial charge in [-0.1, -0.05) is 29.8 Å². The predicted octanol–water partition coefficient (Wildman–Crippen LogP) is 5.69. The number of hydrogen-bond acceptors (Lipinski definition) is 4. The molecule has 3 aliphatic rings. The van der Waals surface area contributed by atoms with Gasteiger partial charge in [0, 0.05) is 54.4 Å². The summed E-state index contributed by atoms with van der Waals surface area (Å²) in [6.45, 7) is 9.03. The van der Waals surface area contributed by atoms with Crippen molar-refractivity contribution in [2.24, 2.45) is 0 Å². The van der Waals surface area contributed by atoms with Crippen LogP contribution in [0.4, 0.5) is 16.2 Å². The van der Waals surface area contributed by atoms with Gasteiger partial charge in [0.2, 0.25) is 0 Å². The highest BCUT2D eigenvalue weighted by molar-refractivity contribution is 6.30. The Morgan fingerprint density at radius 1 is 1.03 bits per heavy atom. The fraction of sp³-hybridized carbons (Fsp3) is 0.333. The number of carbonyl (C=O) groups excluding carboxylic acids is 2. The number of nitrogens with zero attached hydrogens (tertiary/aromatic N) is 3. The molecule has 2 fully saturated rings. The van der Waals surface area contributed by atoms with E-state index in [1.54, 1.807) is 17.0 Å². The van der Waals surface area contributed by atoms with Gasteiger partial charge in [0.1, 0.15) is 5.75 Å². The lowest BCUT2D eigenvalue weighted by molar-refractivity contribution is 0.0378. The van der Waals surface area contributed by atoms with Crippen LogP contribution < -0.4 is 19.9 Å². The Bertz CT molecular complexity index is 1430. The molecule has 0 spiro atoms. The molecule has 6 rings (SSSR count). The van der Waals surface area contributed by atoms with E-state index in [-0.39, 0.29) is 18.0 Å². The normalized spacial score (nSPS) is 22.5. The summed E-state index contributed by atoms with van der Waals surface area (Å²) in [6.07, 6.45) is 0.560. The first-order valence-electron chi connectivity index (χ1n) is 13.0. The Morgan fingerprint density at radius 2 is 1.79 bits per heavy atom. The fourth-order valence-corrected chi connectivity index (χ4v) is 6.11. The van der Waals surface area contributed by atoms with Crippen LogP contribution >= 0.6 is 11.6 Å². The van der Waals surface area contributed by atoms with E-state index in [2.05, 4.69) is 42.3 Å². The molecule has 3 heterocycles. The molecule has 3 aromatic carbocycles. The number of hydrogen-bond donors (Lipinski definition) is 1. The van der Waals surface area contributed by atoms with Crippen LogP contribution in [0.3, 0.4) is 0 Å². The van der Waals surface area contributed by atoms with Crippen LogP contribution in [0.15, 0.2) is 60.7 Å². The molecule has 0 saturated carbocycles. The van der Waals surface area contributed by atoms with Gasteiger partial charge in [-0.05, 0) is 74.4 Å². The molecule has 38 heavy (non-hydrogen) atoms. The molecule has 8 heteroatoms. The minimum absolute atomic E-state index is 0.0301. The monoisotopic (exact) mass is 530 g/mol. The van der Waals surface area contributed by atoms with Gasteiger partial charge in [-0.25, -0.2) is 4.79 Å². The molecule has 0 unspecified atom stereocenters. The number of benzene rings is 3. The summed E-state index contributed by atoms with van der Waals surface area (Å²) < 4.78 is 6.38. The molecule has 3 aromatic rings. The molecule has 3 aliphatic heterocycles. The number of anilines is 2. The molecule has 0 aliphatic carbocycles. The van der Waals surface area contributed by atoms with E-state index < -0.39 is 5.72 Å². The van der Waals surface area contributed by atoms with Crippen LogP contribution in [0.25, 0.3) is 0 Å². The van der Waals surface area contributed by atoms with Gasteiger partial charge < -0.3 is 19.9 Å². The number of aryl methyl sites for hydroxylation is 1. The standard InChI is InChI=1S/C30H31ClN4O3/c1-19-6-4-9-26(20(19)2)33-12-14-34(15-13-33)28(36)21-7-5-8-23(16-21)35-29(37)32-25-18-30(35,3)38-27-11-10-22(31)17-24(25)27/h4-11,16-17,25H,12-15,18H2,1-3H3,(H,32,37)/t25-,30+/m0/s1. The number of halogens is 1. The maximum Gasteiger partial charge on any atom is 0.325 e. The highest BCUT2D eigenvalue weighted by atomic mass is 35.5. The second kappa shape index (κ2) is 9.24. The number of ether oxygens (including phenoxy) is 1. The molecule has 0 radical (unpaired) electrons. The van der Waals surface area contributed by atoms with Crippen LogP contribution in [0.5, 0.6) is 5.75 Å². The maximum atomic E-state index is 13.5. The summed E-state index contributed by atoms with van der Waals surface area (Å²) in [4.78, 5) is 32.7. The van der Waals surface area contributed by atoms with Crippen molar-refractivity contribution in [3.63, 3.8) is 0 Å². The van der Waals surface area contributed by atoms with Crippen LogP contribution in [0.2, 0.25) is 5.02 Å². The summed E-state index contributed by atoms with van der Waals surface area (Å²) in [5.41, 5.74) is 4.96. The Kier molecular flexibility index (Phi) is 5.99. The first-order valence-corrected chi connectivity index (χ1v) is 13.4. The van der Waals surface area contributed by atoms with E-state index in [9.17, 15) is 9.59 Å². The van der Waals surface area contributed by atoms with Crippen molar-refractivity contribution < 1.29 is 14.3 Å². The van der Waals surface area contributed by atoms with E-state index in [0.29, 0.717) is 41.5 Å². The van der Waals surface area contributed by atoms with E-state index in [4.69, 9.17) is 16.3 Å². The Balaban J connectivity index is 1.21. The molecule has 3 amide bonds. The van der Waals surface area contributed by atoms with Crippen LogP contribution in [-0.2, 0) is 0 Å². The van der Waals surface area contributed by atoms with Gasteiger partial charge in [-0.3, -0.25) is 9.69 Å². The molecule has 1 N–H and O–H groups in total. The largest absolute Gasteiger partial charge is 0.467 e. The lowest BCUT2D eigenvalue weighted by Crippen LogP contribution is -2.65. The topological polar surface area (TPSA) is 65.1 Å². The molecule has 0 aromatic heterocycles. The SMILES string of the molecule is Cc1cccc(N2CCN(C(=O)c3cccc(N4C(=O)N[C@H]5C[C@@]4(C)Oc4ccc(Cl)cc45)c3)CC2)c1C. The van der Waals surface area contributed by atoms with E-state index in [1.165, 1.54) is 16.8 Å². The van der Waals surface area contributed by atoms with Gasteiger partial charge in [0.05, 0.1) is 11.7 Å². The van der Waals surface area contributed by atoms with Crippen molar-refractivity contribution in [2.45, 2.75) is 39.0 Å². The second-order valence-electron chi connectivity index (χ2n) is 10.5. The minimum Gasteiger partial charge on any atom is -0.467 e. The molecule has 2 bridgehead atoms. The van der Waals surface area contributed by atoms with E-state index >= 15 is 0 Å². The quantitative estimate of drug-likeness (QED) is 0.472. The van der Waals surface area contributed by atoms with Gasteiger partial charge in [-0.15, -0.1) is 0 Å². The fourth-order valence-electron chi connectivity index (χ4n) is 5.93. The van der Waals surface area contributed by atoms with Crippen molar-refractivity contribution in [1.82, 2.24) is 10.2 Å². The molecule has 7 nitrogen and oxygen atoms in total. The first-order chi connectivity index (χ1) is 18.2. The smallest absolute Gasteiger partial charge is 0.325 e. The number of nitrogens with one attached hydrogen (secondary N) is 1. The number of amides is 3. The number of urea groups is 1. The van der Waals surface area contributed by atoms with E-state index in [1.807, 2.05) is 42.2 Å². The Morgan fingerprint density at radius 3 is 2.58 bits per heavy atom. The van der Waals surface area contributed by atoms with Crippen LogP contribution in [0.1, 0.15) is 46.4 Å². The molecular weight excluding hydrogens is 500 g/mol. The third-order valence-corrected chi connectivity index (χ3v) is 8.30. The van der Waals surface area contributed by atoms with Gasteiger partial charge in [-0.2, -0.15) is 0 Å². The first kappa shape index (κ1) is 24.6. The zero-order valence-electron chi connectivity index (χ0n) is 21.8. The molecular formula is C30H31ClN4O3. The number of rotatable bonds is 3. The molecule has 2 saturated heterocycles. The number of piperazine rings is 1. The summed E-state index contributed by atoms with van der Waals surface area (Å²) in [5.74, 6) is 0.671. The zero-order chi connectivity index (χ0) is 26.6. The lowest BCUT2D eigenvalue weighted by atomic mass is 9.90. The average Bonchev–Trinajstić information content (AvgIpc) is 2.90. The summed E-state index contributed by atoms with van der Waals surface area (Å²) in [7, 11) is 0. The van der Waals surface area contributed by atoms with E-state index in [0.717, 1.165) is 18.7 Å². The molecule has 2 atom stereocenters. The highest BCUT2D eigenvalue weighted by Crippen LogP contribution is 2.46. The third-order valence-electron chi connectivity index (χ3n) is 8.07. The van der Waals surface area contributed by atoms with Crippen LogP contribution in [0, 0.1) is 13.8 Å². The number of fused-ring (bicyclic) bond motifs is 4. The van der Waals surface area contributed by atoms with Gasteiger partial charge in [0.15, 0.2) is 5.72 Å². The predicted molar refractivity (Wildman–Crippen MR) is 149 cm³/mol. The summed E-state index contributed by atoms with van der Waals surface area (Å²) in [5, 5.41) is 3.70. The lowest BCUT2D eigenvalue weighted by Gasteiger charge is -2.50. The molecule has 196 valence electrons. The Labute approximate surface area is 227 Å². The zero-order valence-corrected chi connectivity index (χ0v) is 22.6. The summed E-state index contributed by atoms with van der Waals surface area (Å²) in [6, 6.07) is 18.7. The van der Waals surface area contributed by atoms with Crippen LogP contribution in [-0.4, -0.2) is 48.7 Å². The minimum atomic E-state index is -0.896. The summed E-state index contributed by atoms with van der Waals surface area (Å²) >= 11 is 6.20. The second-order valence-corrected chi connectivity index (χ2v) is 11.0. The Hall–Kier alpha value is -3.71. The highest BCUT2D eigenvalue weighted by Gasteiger charge is 2.50.